The average Bonchev–Trinajstić information content (AvgIpc) is 2.38. The van der Waals surface area contributed by atoms with E-state index in [0.29, 0.717) is 6.54 Å². The van der Waals surface area contributed by atoms with Crippen molar-refractivity contribution >= 4 is 5.91 Å². The first kappa shape index (κ1) is 12.7. The number of piperidine rings is 1. The molecule has 1 amide bonds. The Kier molecular flexibility index (Phi) is 3.31. The normalized spacial score (nSPS) is 25.7. The highest BCUT2D eigenvalue weighted by atomic mass is 16.3. The summed E-state index contributed by atoms with van der Waals surface area (Å²) in [5.41, 5.74) is 0.838. The van der Waals surface area contributed by atoms with E-state index in [2.05, 4.69) is 12.1 Å². The van der Waals surface area contributed by atoms with E-state index >= 15 is 0 Å². The van der Waals surface area contributed by atoms with E-state index in [1.807, 2.05) is 23.1 Å². The Hall–Kier alpha value is -1.35. The fourth-order valence-electron chi connectivity index (χ4n) is 3.36. The highest BCUT2D eigenvalue weighted by molar-refractivity contribution is 5.89. The molecule has 3 rings (SSSR count). The zero-order valence-corrected chi connectivity index (χ0v) is 11.2. The minimum atomic E-state index is -0.342. The van der Waals surface area contributed by atoms with Crippen LogP contribution in [0.5, 0.6) is 0 Å². The number of hydrogen-bond donors (Lipinski definition) is 1. The van der Waals surface area contributed by atoms with Crippen molar-refractivity contribution in [3.8, 4) is 0 Å². The molecule has 0 bridgehead atoms. The van der Waals surface area contributed by atoms with Crippen molar-refractivity contribution < 1.29 is 9.90 Å². The second-order valence-electron chi connectivity index (χ2n) is 5.85. The Morgan fingerprint density at radius 3 is 2.53 bits per heavy atom. The quantitative estimate of drug-likeness (QED) is 0.883. The van der Waals surface area contributed by atoms with Crippen LogP contribution in [0.2, 0.25) is 0 Å². The maximum Gasteiger partial charge on any atom is 0.233 e. The molecule has 1 saturated heterocycles. The van der Waals surface area contributed by atoms with Crippen LogP contribution in [0.25, 0.3) is 0 Å². The maximum atomic E-state index is 12.9. The number of amides is 1. The molecule has 1 heterocycles. The van der Waals surface area contributed by atoms with Crippen LogP contribution >= 0.6 is 0 Å². The zero-order valence-electron chi connectivity index (χ0n) is 11.2. The van der Waals surface area contributed by atoms with E-state index in [0.717, 1.165) is 44.2 Å². The van der Waals surface area contributed by atoms with Gasteiger partial charge in [0.05, 0.1) is 11.5 Å². The molecule has 1 aromatic carbocycles. The Morgan fingerprint density at radius 2 is 1.95 bits per heavy atom. The number of carbonyl (C=O) groups is 1. The fraction of sp³-hybridized carbons (Fsp3) is 0.562. The predicted octanol–water partition coefficient (Wildman–Crippen LogP) is 2.09. The van der Waals surface area contributed by atoms with E-state index in [4.69, 9.17) is 0 Å². The molecule has 102 valence electrons. The fourth-order valence-corrected chi connectivity index (χ4v) is 3.36. The van der Waals surface area contributed by atoms with Crippen LogP contribution in [0.4, 0.5) is 0 Å². The molecule has 1 aromatic rings. The van der Waals surface area contributed by atoms with Crippen molar-refractivity contribution in [3.63, 3.8) is 0 Å². The van der Waals surface area contributed by atoms with Gasteiger partial charge in [-0.3, -0.25) is 4.79 Å². The monoisotopic (exact) mass is 259 g/mol. The number of hydrogen-bond acceptors (Lipinski definition) is 2. The van der Waals surface area contributed by atoms with Gasteiger partial charge in [-0.2, -0.15) is 0 Å². The lowest BCUT2D eigenvalue weighted by atomic mass is 9.63. The number of benzene rings is 1. The third-order valence-electron chi connectivity index (χ3n) is 4.63. The molecule has 3 heteroatoms. The minimum Gasteiger partial charge on any atom is -0.391 e. The average molecular weight is 259 g/mol. The van der Waals surface area contributed by atoms with Gasteiger partial charge in [0.2, 0.25) is 5.91 Å². The first-order valence-electron chi connectivity index (χ1n) is 7.25. The number of carbonyl (C=O) groups excluding carboxylic acids is 1. The lowest BCUT2D eigenvalue weighted by Gasteiger charge is -2.45. The van der Waals surface area contributed by atoms with Crippen molar-refractivity contribution in [2.75, 3.05) is 13.1 Å². The van der Waals surface area contributed by atoms with Gasteiger partial charge in [-0.1, -0.05) is 36.8 Å². The summed E-state index contributed by atoms with van der Waals surface area (Å²) >= 11 is 0. The maximum absolute atomic E-state index is 12.9. The van der Waals surface area contributed by atoms with Crippen molar-refractivity contribution in [2.24, 2.45) is 0 Å². The second-order valence-corrected chi connectivity index (χ2v) is 5.85. The van der Waals surface area contributed by atoms with E-state index < -0.39 is 0 Å². The molecular weight excluding hydrogens is 238 g/mol. The third kappa shape index (κ3) is 2.16. The van der Waals surface area contributed by atoms with Gasteiger partial charge in [0.1, 0.15) is 0 Å². The summed E-state index contributed by atoms with van der Waals surface area (Å²) in [6.45, 7) is 1.30. The summed E-state index contributed by atoms with van der Waals surface area (Å²) in [4.78, 5) is 14.7. The highest BCUT2D eigenvalue weighted by Gasteiger charge is 2.47. The summed E-state index contributed by atoms with van der Waals surface area (Å²) in [7, 11) is 0. The van der Waals surface area contributed by atoms with Gasteiger partial charge in [-0.15, -0.1) is 0 Å². The number of aliphatic hydroxyl groups excluding tert-OH is 1. The van der Waals surface area contributed by atoms with Gasteiger partial charge in [0, 0.05) is 13.1 Å². The van der Waals surface area contributed by atoms with Crippen molar-refractivity contribution in [3.05, 3.63) is 35.9 Å². The van der Waals surface area contributed by atoms with E-state index in [1.165, 1.54) is 0 Å². The lowest BCUT2D eigenvalue weighted by Crippen LogP contribution is -2.54. The number of likely N-dealkylation sites (tertiary alicyclic amines) is 1. The van der Waals surface area contributed by atoms with Crippen molar-refractivity contribution in [2.45, 2.75) is 43.6 Å². The molecule has 2 fully saturated rings. The molecule has 1 N–H and O–H groups in total. The topological polar surface area (TPSA) is 40.5 Å². The molecule has 1 aliphatic heterocycles. The van der Waals surface area contributed by atoms with Crippen LogP contribution in [0.15, 0.2) is 30.3 Å². The number of nitrogens with zero attached hydrogens (tertiary/aromatic N) is 1. The second kappa shape index (κ2) is 4.97. The smallest absolute Gasteiger partial charge is 0.233 e. The number of aliphatic hydroxyl groups is 1. The van der Waals surface area contributed by atoms with Gasteiger partial charge < -0.3 is 10.0 Å². The molecular formula is C16H21NO2. The van der Waals surface area contributed by atoms with Crippen LogP contribution in [0, 0.1) is 0 Å². The molecule has 3 nitrogen and oxygen atoms in total. The largest absolute Gasteiger partial charge is 0.391 e. The first-order chi connectivity index (χ1) is 9.22. The van der Waals surface area contributed by atoms with Crippen molar-refractivity contribution in [1.82, 2.24) is 4.90 Å². The Balaban J connectivity index is 1.84. The van der Waals surface area contributed by atoms with Gasteiger partial charge in [-0.25, -0.2) is 0 Å². The number of rotatable bonds is 2. The van der Waals surface area contributed by atoms with Gasteiger partial charge in [0.15, 0.2) is 0 Å². The minimum absolute atomic E-state index is 0.226. The first-order valence-corrected chi connectivity index (χ1v) is 7.25. The molecule has 0 unspecified atom stereocenters. The van der Waals surface area contributed by atoms with E-state index in [-0.39, 0.29) is 17.4 Å². The molecule has 1 saturated carbocycles. The van der Waals surface area contributed by atoms with E-state index in [1.54, 1.807) is 0 Å². The Morgan fingerprint density at radius 1 is 1.21 bits per heavy atom. The van der Waals surface area contributed by atoms with Crippen molar-refractivity contribution in [1.29, 1.82) is 0 Å². The highest BCUT2D eigenvalue weighted by Crippen LogP contribution is 2.45. The molecule has 2 aliphatic rings. The molecule has 19 heavy (non-hydrogen) atoms. The van der Waals surface area contributed by atoms with E-state index in [9.17, 15) is 9.90 Å². The van der Waals surface area contributed by atoms with Gasteiger partial charge >= 0.3 is 0 Å². The summed E-state index contributed by atoms with van der Waals surface area (Å²) in [5.74, 6) is 0.226. The predicted molar refractivity (Wildman–Crippen MR) is 73.8 cm³/mol. The van der Waals surface area contributed by atoms with Crippen LogP contribution in [0.3, 0.4) is 0 Å². The zero-order chi connectivity index (χ0) is 13.3. The Bertz CT molecular complexity index is 453. The van der Waals surface area contributed by atoms with Crippen LogP contribution < -0.4 is 0 Å². The standard InChI is InChI=1S/C16H21NO2/c18-14-8-4-11-17(12-14)15(19)16(9-5-10-16)13-6-2-1-3-7-13/h1-3,6-7,14,18H,4-5,8-12H2/t14-/m0/s1. The summed E-state index contributed by atoms with van der Waals surface area (Å²) in [5, 5.41) is 9.76. The SMILES string of the molecule is O=C(N1CCC[C@H](O)C1)C1(c2ccccc2)CCC1. The van der Waals surface area contributed by atoms with Gasteiger partial charge in [-0.05, 0) is 31.2 Å². The Labute approximate surface area is 114 Å². The molecule has 0 radical (unpaired) electrons. The summed E-state index contributed by atoms with van der Waals surface area (Å²) in [6.07, 6.45) is 4.41. The van der Waals surface area contributed by atoms with Crippen LogP contribution in [-0.2, 0) is 10.2 Å². The molecule has 1 atom stereocenters. The van der Waals surface area contributed by atoms with Crippen LogP contribution in [-0.4, -0.2) is 35.1 Å². The summed E-state index contributed by atoms with van der Waals surface area (Å²) < 4.78 is 0. The third-order valence-corrected chi connectivity index (χ3v) is 4.63. The summed E-state index contributed by atoms with van der Waals surface area (Å²) in [6, 6.07) is 10.1. The molecule has 0 aromatic heterocycles. The van der Waals surface area contributed by atoms with Crippen LogP contribution in [0.1, 0.15) is 37.7 Å². The number of β-amino-alcohol motifs (C(OH)–C–C–N with tert-alkyl or cyclic N) is 1. The lowest BCUT2D eigenvalue weighted by molar-refractivity contribution is -0.144. The molecule has 1 aliphatic carbocycles. The van der Waals surface area contributed by atoms with Gasteiger partial charge in [0.25, 0.3) is 0 Å². The molecule has 0 spiro atoms.